The molecule has 0 saturated heterocycles. The van der Waals surface area contributed by atoms with Crippen LogP contribution >= 0.6 is 0 Å². The molecular formula is C36H40FN3O6S. The number of nitrogens with one attached hydrogen (secondary N) is 1. The van der Waals surface area contributed by atoms with E-state index in [9.17, 15) is 22.4 Å². The molecule has 0 spiro atoms. The fourth-order valence-electron chi connectivity index (χ4n) is 5.02. The number of hydrogen-bond donors (Lipinski definition) is 1. The van der Waals surface area contributed by atoms with E-state index in [4.69, 9.17) is 9.47 Å². The van der Waals surface area contributed by atoms with Crippen LogP contribution in [0.5, 0.6) is 11.5 Å². The largest absolute Gasteiger partial charge is 0.493 e. The van der Waals surface area contributed by atoms with Crippen LogP contribution in [0.1, 0.15) is 31.9 Å². The lowest BCUT2D eigenvalue weighted by atomic mass is 10.0. The molecule has 1 N–H and O–H groups in total. The van der Waals surface area contributed by atoms with Crippen molar-refractivity contribution in [1.29, 1.82) is 0 Å². The van der Waals surface area contributed by atoms with Crippen LogP contribution in [0.3, 0.4) is 0 Å². The van der Waals surface area contributed by atoms with Crippen molar-refractivity contribution in [3.05, 3.63) is 120 Å². The average Bonchev–Trinajstić information content (AvgIpc) is 3.05. The van der Waals surface area contributed by atoms with Crippen molar-refractivity contribution in [2.45, 2.75) is 50.2 Å². The van der Waals surface area contributed by atoms with Crippen molar-refractivity contribution >= 4 is 27.5 Å². The number of para-hydroxylation sites is 1. The first-order chi connectivity index (χ1) is 22.3. The number of nitrogens with zero attached hydrogens (tertiary/aromatic N) is 2. The minimum absolute atomic E-state index is 0.0762. The topological polar surface area (TPSA) is 105 Å². The number of hydrogen-bond acceptors (Lipinski definition) is 6. The fourth-order valence-corrected chi connectivity index (χ4v) is 6.45. The number of ether oxygens (including phenoxy) is 2. The molecule has 0 radical (unpaired) electrons. The van der Waals surface area contributed by atoms with Gasteiger partial charge in [-0.1, -0.05) is 60.7 Å². The highest BCUT2D eigenvalue weighted by Gasteiger charge is 2.36. The van der Waals surface area contributed by atoms with Gasteiger partial charge in [-0.05, 0) is 68.3 Å². The minimum atomic E-state index is -4.35. The Morgan fingerprint density at radius 2 is 1.40 bits per heavy atom. The SMILES string of the molecule is COc1ccc(S(=O)(=O)N(CC(=O)N(Cc2ccc(F)cc2)[C@@H](Cc2ccccc2)C(=O)NC(C)(C)C)c2ccccc2)cc1OC. The Bertz CT molecular complexity index is 1760. The molecule has 9 nitrogen and oxygen atoms in total. The quantitative estimate of drug-likeness (QED) is 0.200. The van der Waals surface area contributed by atoms with Gasteiger partial charge in [0.2, 0.25) is 11.8 Å². The molecule has 4 aromatic carbocycles. The van der Waals surface area contributed by atoms with Crippen LogP contribution in [0, 0.1) is 5.82 Å². The van der Waals surface area contributed by atoms with E-state index in [1.54, 1.807) is 30.3 Å². The molecule has 0 aliphatic rings. The molecule has 0 aromatic heterocycles. The zero-order valence-electron chi connectivity index (χ0n) is 27.1. The summed E-state index contributed by atoms with van der Waals surface area (Å²) in [6.45, 7) is 4.81. The molecule has 2 amide bonds. The summed E-state index contributed by atoms with van der Waals surface area (Å²) in [6, 6.07) is 26.3. The summed E-state index contributed by atoms with van der Waals surface area (Å²) in [6.07, 6.45) is 0.156. The average molecular weight is 662 g/mol. The van der Waals surface area contributed by atoms with Crippen LogP contribution in [0.2, 0.25) is 0 Å². The predicted molar refractivity (Wildman–Crippen MR) is 179 cm³/mol. The summed E-state index contributed by atoms with van der Waals surface area (Å²) >= 11 is 0. The van der Waals surface area contributed by atoms with Crippen molar-refractivity contribution in [3.8, 4) is 11.5 Å². The monoisotopic (exact) mass is 661 g/mol. The van der Waals surface area contributed by atoms with Crippen LogP contribution in [0.15, 0.2) is 108 Å². The number of sulfonamides is 1. The third-order valence-electron chi connectivity index (χ3n) is 7.30. The fraction of sp³-hybridized carbons (Fsp3) is 0.278. The highest BCUT2D eigenvalue weighted by molar-refractivity contribution is 7.92. The van der Waals surface area contributed by atoms with E-state index in [-0.39, 0.29) is 29.3 Å². The minimum Gasteiger partial charge on any atom is -0.493 e. The van der Waals surface area contributed by atoms with Crippen LogP contribution < -0.4 is 19.1 Å². The molecule has 0 aliphatic heterocycles. The van der Waals surface area contributed by atoms with Crippen LogP contribution in [0.4, 0.5) is 10.1 Å². The molecule has 0 heterocycles. The maximum Gasteiger partial charge on any atom is 0.264 e. The first-order valence-corrected chi connectivity index (χ1v) is 16.5. The second-order valence-corrected chi connectivity index (χ2v) is 13.8. The van der Waals surface area contributed by atoms with Gasteiger partial charge in [0.05, 0.1) is 24.8 Å². The van der Waals surface area contributed by atoms with E-state index < -0.39 is 45.8 Å². The van der Waals surface area contributed by atoms with Crippen LogP contribution in [-0.2, 0) is 32.6 Å². The maximum atomic E-state index is 14.5. The Morgan fingerprint density at radius 3 is 1.98 bits per heavy atom. The Balaban J connectivity index is 1.82. The summed E-state index contributed by atoms with van der Waals surface area (Å²) in [5.74, 6) is -0.951. The Labute approximate surface area is 276 Å². The summed E-state index contributed by atoms with van der Waals surface area (Å²) in [4.78, 5) is 29.7. The second kappa shape index (κ2) is 15.1. The Morgan fingerprint density at radius 1 is 0.809 bits per heavy atom. The summed E-state index contributed by atoms with van der Waals surface area (Å²) < 4.78 is 54.1. The Hall–Kier alpha value is -4.90. The van der Waals surface area contributed by atoms with Gasteiger partial charge in [-0.15, -0.1) is 0 Å². The molecule has 11 heteroatoms. The molecule has 4 rings (SSSR count). The smallest absolute Gasteiger partial charge is 0.264 e. The number of carbonyl (C=O) groups excluding carboxylic acids is 2. The van der Waals surface area contributed by atoms with Gasteiger partial charge in [0.1, 0.15) is 18.4 Å². The molecule has 0 bridgehead atoms. The number of amides is 2. The van der Waals surface area contributed by atoms with E-state index in [1.807, 2.05) is 51.1 Å². The molecule has 0 saturated carbocycles. The van der Waals surface area contributed by atoms with Gasteiger partial charge in [-0.25, -0.2) is 12.8 Å². The van der Waals surface area contributed by atoms with E-state index in [0.29, 0.717) is 11.3 Å². The number of carbonyl (C=O) groups is 2. The molecular weight excluding hydrogens is 621 g/mol. The maximum absolute atomic E-state index is 14.5. The summed E-state index contributed by atoms with van der Waals surface area (Å²) in [7, 11) is -1.51. The predicted octanol–water partition coefficient (Wildman–Crippen LogP) is 5.59. The molecule has 0 unspecified atom stereocenters. The van der Waals surface area contributed by atoms with Gasteiger partial charge >= 0.3 is 0 Å². The van der Waals surface area contributed by atoms with E-state index >= 15 is 0 Å². The zero-order valence-corrected chi connectivity index (χ0v) is 28.0. The molecule has 4 aromatic rings. The zero-order chi connectivity index (χ0) is 34.2. The normalized spacial score (nSPS) is 12.1. The van der Waals surface area contributed by atoms with Crippen molar-refractivity contribution in [3.63, 3.8) is 0 Å². The van der Waals surface area contributed by atoms with Gasteiger partial charge in [-0.3, -0.25) is 13.9 Å². The summed E-state index contributed by atoms with van der Waals surface area (Å²) in [5.41, 5.74) is 0.992. The van der Waals surface area contributed by atoms with Gasteiger partial charge in [0, 0.05) is 24.6 Å². The second-order valence-electron chi connectivity index (χ2n) is 12.0. The van der Waals surface area contributed by atoms with Crippen LogP contribution in [0.25, 0.3) is 0 Å². The summed E-state index contributed by atoms with van der Waals surface area (Å²) in [5, 5.41) is 2.98. The third kappa shape index (κ3) is 9.10. The van der Waals surface area contributed by atoms with Gasteiger partial charge in [0.15, 0.2) is 11.5 Å². The first kappa shape index (κ1) is 35.0. The van der Waals surface area contributed by atoms with E-state index in [1.165, 1.54) is 61.6 Å². The molecule has 47 heavy (non-hydrogen) atoms. The number of rotatable bonds is 13. The van der Waals surface area contributed by atoms with Crippen molar-refractivity contribution < 1.29 is 31.9 Å². The van der Waals surface area contributed by atoms with E-state index in [0.717, 1.165) is 9.87 Å². The number of halogens is 1. The number of benzene rings is 4. The lowest BCUT2D eigenvalue weighted by molar-refractivity contribution is -0.140. The van der Waals surface area contributed by atoms with Crippen molar-refractivity contribution in [2.24, 2.45) is 0 Å². The molecule has 0 fully saturated rings. The molecule has 1 atom stereocenters. The van der Waals surface area contributed by atoms with Crippen molar-refractivity contribution in [2.75, 3.05) is 25.1 Å². The standard InChI is InChI=1S/C36H40FN3O6S/c1-36(2,3)38-35(42)31(22-26-12-8-6-9-13-26)39(24-27-16-18-28(37)19-17-27)34(41)25-40(29-14-10-7-11-15-29)47(43,44)30-20-21-32(45-4)33(23-30)46-5/h6-21,23,31H,22,24-25H2,1-5H3,(H,38,42)/t31-/m0/s1. The van der Waals surface area contributed by atoms with Gasteiger partial charge in [-0.2, -0.15) is 0 Å². The highest BCUT2D eigenvalue weighted by Crippen LogP contribution is 2.32. The highest BCUT2D eigenvalue weighted by atomic mass is 32.2. The third-order valence-corrected chi connectivity index (χ3v) is 9.07. The molecule has 0 aliphatic carbocycles. The number of anilines is 1. The Kier molecular flexibility index (Phi) is 11.3. The first-order valence-electron chi connectivity index (χ1n) is 15.0. The lowest BCUT2D eigenvalue weighted by Crippen LogP contribution is -2.56. The van der Waals surface area contributed by atoms with Gasteiger partial charge in [0.25, 0.3) is 10.0 Å². The van der Waals surface area contributed by atoms with Gasteiger partial charge < -0.3 is 19.7 Å². The van der Waals surface area contributed by atoms with Crippen LogP contribution in [-0.4, -0.2) is 57.5 Å². The van der Waals surface area contributed by atoms with Crippen molar-refractivity contribution in [1.82, 2.24) is 10.2 Å². The number of methoxy groups -OCH3 is 2. The molecule has 248 valence electrons. The van der Waals surface area contributed by atoms with E-state index in [2.05, 4.69) is 5.32 Å². The lowest BCUT2D eigenvalue weighted by Gasteiger charge is -2.35.